The Bertz CT molecular complexity index is 548. The minimum Gasteiger partial charge on any atom is -0.383 e. The molecule has 2 aromatic rings. The van der Waals surface area contributed by atoms with Crippen LogP contribution in [-0.2, 0) is 0 Å². The van der Waals surface area contributed by atoms with E-state index in [1.807, 2.05) is 0 Å². The molecular formula is C11H10ClN3O. The lowest BCUT2D eigenvalue weighted by atomic mass is 10.2. The Morgan fingerprint density at radius 1 is 1.44 bits per heavy atom. The largest absolute Gasteiger partial charge is 0.383 e. The van der Waals surface area contributed by atoms with Gasteiger partial charge in [0.25, 0.3) is 5.91 Å². The zero-order chi connectivity index (χ0) is 11.7. The molecule has 5 heteroatoms. The van der Waals surface area contributed by atoms with Crippen molar-refractivity contribution in [1.29, 1.82) is 0 Å². The van der Waals surface area contributed by atoms with Gasteiger partial charge in [0.05, 0.1) is 16.3 Å². The predicted molar refractivity (Wildman–Crippen MR) is 62.6 cm³/mol. The maximum Gasteiger partial charge on any atom is 0.281 e. The molecule has 1 aromatic heterocycles. The Hall–Kier alpha value is -1.81. The highest BCUT2D eigenvalue weighted by Gasteiger charge is 2.15. The summed E-state index contributed by atoms with van der Waals surface area (Å²) in [6, 6.07) is 8.43. The van der Waals surface area contributed by atoms with Gasteiger partial charge in [-0.1, -0.05) is 23.7 Å². The number of aromatic nitrogens is 2. The summed E-state index contributed by atoms with van der Waals surface area (Å²) in [4.78, 5) is 12.0. The molecule has 0 aliphatic rings. The van der Waals surface area contributed by atoms with Crippen LogP contribution in [0.1, 0.15) is 16.1 Å². The molecule has 2 N–H and O–H groups in total. The van der Waals surface area contributed by atoms with Crippen molar-refractivity contribution in [3.63, 3.8) is 0 Å². The summed E-state index contributed by atoms with van der Waals surface area (Å²) in [6.45, 7) is 1.77. The number of benzene rings is 1. The molecule has 2 rings (SSSR count). The Morgan fingerprint density at radius 3 is 2.69 bits per heavy atom. The Kier molecular flexibility index (Phi) is 2.66. The van der Waals surface area contributed by atoms with E-state index >= 15 is 0 Å². The maximum absolute atomic E-state index is 12.0. The third-order valence-electron chi connectivity index (χ3n) is 2.16. The average Bonchev–Trinajstić information content (AvgIpc) is 2.58. The van der Waals surface area contributed by atoms with Crippen LogP contribution in [0.15, 0.2) is 30.3 Å². The van der Waals surface area contributed by atoms with Gasteiger partial charge in [0.1, 0.15) is 5.82 Å². The molecule has 0 radical (unpaired) electrons. The zero-order valence-electron chi connectivity index (χ0n) is 8.64. The smallest absolute Gasteiger partial charge is 0.281 e. The molecule has 0 fully saturated rings. The number of anilines is 1. The first kappa shape index (κ1) is 10.7. The highest BCUT2D eigenvalue weighted by atomic mass is 35.5. The minimum atomic E-state index is -0.323. The first-order valence-electron chi connectivity index (χ1n) is 4.71. The summed E-state index contributed by atoms with van der Waals surface area (Å²) < 4.78 is 1.15. The molecule has 0 unspecified atom stereocenters. The van der Waals surface area contributed by atoms with E-state index in [1.165, 1.54) is 0 Å². The topological polar surface area (TPSA) is 60.9 Å². The van der Waals surface area contributed by atoms with E-state index in [0.29, 0.717) is 22.1 Å². The monoisotopic (exact) mass is 235 g/mol. The van der Waals surface area contributed by atoms with E-state index in [9.17, 15) is 4.79 Å². The highest BCUT2D eigenvalue weighted by Crippen LogP contribution is 2.17. The first-order valence-corrected chi connectivity index (χ1v) is 5.09. The Balaban J connectivity index is 2.47. The van der Waals surface area contributed by atoms with Crippen LogP contribution in [-0.4, -0.2) is 15.7 Å². The predicted octanol–water partition coefficient (Wildman–Crippen LogP) is 2.12. The van der Waals surface area contributed by atoms with Crippen molar-refractivity contribution < 1.29 is 4.79 Å². The van der Waals surface area contributed by atoms with Gasteiger partial charge in [-0.3, -0.25) is 4.79 Å². The van der Waals surface area contributed by atoms with Gasteiger partial charge in [-0.2, -0.15) is 9.78 Å². The summed E-state index contributed by atoms with van der Waals surface area (Å²) in [5.74, 6) is -0.0152. The number of halogens is 1. The lowest BCUT2D eigenvalue weighted by molar-refractivity contribution is 0.0947. The average molecular weight is 236 g/mol. The van der Waals surface area contributed by atoms with Crippen molar-refractivity contribution in [3.8, 4) is 0 Å². The van der Waals surface area contributed by atoms with Gasteiger partial charge in [-0.15, -0.1) is 0 Å². The van der Waals surface area contributed by atoms with Crippen molar-refractivity contribution in [2.24, 2.45) is 0 Å². The molecule has 1 heterocycles. The van der Waals surface area contributed by atoms with Gasteiger partial charge in [-0.25, -0.2) is 0 Å². The fourth-order valence-electron chi connectivity index (χ4n) is 1.43. The maximum atomic E-state index is 12.0. The standard InChI is InChI=1S/C11H10ClN3O/c1-7-6-10(13)15(14-7)11(16)8-4-2-3-5-9(8)12/h2-6H,13H2,1H3. The van der Waals surface area contributed by atoms with Crippen LogP contribution in [0.2, 0.25) is 5.02 Å². The normalized spacial score (nSPS) is 10.4. The molecule has 0 saturated heterocycles. The van der Waals surface area contributed by atoms with Crippen LogP contribution in [0, 0.1) is 6.92 Å². The molecule has 0 atom stereocenters. The van der Waals surface area contributed by atoms with Crippen LogP contribution >= 0.6 is 11.6 Å². The van der Waals surface area contributed by atoms with Gasteiger partial charge in [0, 0.05) is 6.07 Å². The number of nitrogens with zero attached hydrogens (tertiary/aromatic N) is 2. The van der Waals surface area contributed by atoms with E-state index in [0.717, 1.165) is 4.68 Å². The number of hydrogen-bond donors (Lipinski definition) is 1. The number of aryl methyl sites for hydroxylation is 1. The molecule has 0 spiro atoms. The van der Waals surface area contributed by atoms with Gasteiger partial charge >= 0.3 is 0 Å². The lowest BCUT2D eigenvalue weighted by Crippen LogP contribution is -2.16. The van der Waals surface area contributed by atoms with Crippen LogP contribution in [0.25, 0.3) is 0 Å². The first-order chi connectivity index (χ1) is 7.59. The third kappa shape index (κ3) is 1.79. The SMILES string of the molecule is Cc1cc(N)n(C(=O)c2ccccc2Cl)n1. The van der Waals surface area contributed by atoms with Gasteiger partial charge in [-0.05, 0) is 19.1 Å². The van der Waals surface area contributed by atoms with Crippen LogP contribution in [0.5, 0.6) is 0 Å². The number of nitrogens with two attached hydrogens (primary N) is 1. The summed E-state index contributed by atoms with van der Waals surface area (Å²) in [5, 5.41) is 4.40. The van der Waals surface area contributed by atoms with Crippen molar-refractivity contribution in [2.45, 2.75) is 6.92 Å². The number of rotatable bonds is 1. The van der Waals surface area contributed by atoms with E-state index in [1.54, 1.807) is 37.3 Å². The van der Waals surface area contributed by atoms with Gasteiger partial charge in [0.15, 0.2) is 0 Å². The zero-order valence-corrected chi connectivity index (χ0v) is 9.40. The number of carbonyl (C=O) groups is 1. The third-order valence-corrected chi connectivity index (χ3v) is 2.49. The van der Waals surface area contributed by atoms with Crippen molar-refractivity contribution in [3.05, 3.63) is 46.6 Å². The highest BCUT2D eigenvalue weighted by molar-refractivity contribution is 6.33. The van der Waals surface area contributed by atoms with E-state index in [4.69, 9.17) is 17.3 Å². The Labute approximate surface area is 97.6 Å². The fraction of sp³-hybridized carbons (Fsp3) is 0.0909. The van der Waals surface area contributed by atoms with Gasteiger partial charge < -0.3 is 5.73 Å². The van der Waals surface area contributed by atoms with E-state index in [2.05, 4.69) is 5.10 Å². The lowest BCUT2D eigenvalue weighted by Gasteiger charge is -2.04. The second-order valence-electron chi connectivity index (χ2n) is 3.41. The summed E-state index contributed by atoms with van der Waals surface area (Å²) in [7, 11) is 0. The molecule has 16 heavy (non-hydrogen) atoms. The van der Waals surface area contributed by atoms with Crippen LogP contribution in [0.3, 0.4) is 0 Å². The number of nitrogen functional groups attached to an aromatic ring is 1. The van der Waals surface area contributed by atoms with Gasteiger partial charge in [0.2, 0.25) is 0 Å². The summed E-state index contributed by atoms with van der Waals surface area (Å²) >= 11 is 5.93. The van der Waals surface area contributed by atoms with E-state index in [-0.39, 0.29) is 5.91 Å². The van der Waals surface area contributed by atoms with E-state index < -0.39 is 0 Å². The molecular weight excluding hydrogens is 226 g/mol. The minimum absolute atomic E-state index is 0.308. The quantitative estimate of drug-likeness (QED) is 0.824. The molecule has 0 saturated carbocycles. The number of carbonyl (C=O) groups excluding carboxylic acids is 1. The van der Waals surface area contributed by atoms with Crippen LogP contribution < -0.4 is 5.73 Å². The molecule has 0 amide bonds. The van der Waals surface area contributed by atoms with Crippen LogP contribution in [0.4, 0.5) is 5.82 Å². The van der Waals surface area contributed by atoms with Crippen molar-refractivity contribution in [2.75, 3.05) is 5.73 Å². The Morgan fingerprint density at radius 2 is 2.12 bits per heavy atom. The second-order valence-corrected chi connectivity index (χ2v) is 3.81. The molecule has 1 aromatic carbocycles. The molecule has 82 valence electrons. The fourth-order valence-corrected chi connectivity index (χ4v) is 1.65. The molecule has 4 nitrogen and oxygen atoms in total. The number of hydrogen-bond acceptors (Lipinski definition) is 3. The second kappa shape index (κ2) is 3.98. The van der Waals surface area contributed by atoms with Crippen molar-refractivity contribution >= 4 is 23.3 Å². The summed E-state index contributed by atoms with van der Waals surface area (Å²) in [5.41, 5.74) is 6.75. The molecule has 0 aliphatic carbocycles. The van der Waals surface area contributed by atoms with Crippen molar-refractivity contribution in [1.82, 2.24) is 9.78 Å². The molecule has 0 bridgehead atoms. The summed E-state index contributed by atoms with van der Waals surface area (Å²) in [6.07, 6.45) is 0. The molecule has 0 aliphatic heterocycles.